The number of hydrogen-bond acceptors (Lipinski definition) is 3. The second-order valence-corrected chi connectivity index (χ2v) is 3.44. The van der Waals surface area contributed by atoms with Gasteiger partial charge in [-0.15, -0.1) is 0 Å². The van der Waals surface area contributed by atoms with E-state index in [0.717, 1.165) is 17.8 Å². The largest absolute Gasteiger partial charge is 0.326 e. The van der Waals surface area contributed by atoms with Gasteiger partial charge in [-0.05, 0) is 31.0 Å². The van der Waals surface area contributed by atoms with Crippen LogP contribution in [0.5, 0.6) is 0 Å². The van der Waals surface area contributed by atoms with Gasteiger partial charge in [0.2, 0.25) is 0 Å². The molecule has 0 saturated carbocycles. The average Bonchev–Trinajstić information content (AvgIpc) is 2.71. The maximum atomic E-state index is 5.50. The minimum Gasteiger partial charge on any atom is -0.326 e. The molecule has 0 aromatic carbocycles. The lowest BCUT2D eigenvalue weighted by molar-refractivity contribution is 0.627. The van der Waals surface area contributed by atoms with Crippen LogP contribution in [0.2, 0.25) is 0 Å². The molecular formula is C10H15N3. The van der Waals surface area contributed by atoms with Gasteiger partial charge in [0, 0.05) is 18.8 Å². The molecule has 1 saturated heterocycles. The number of rotatable bonds is 2. The van der Waals surface area contributed by atoms with E-state index in [1.54, 1.807) is 0 Å². The van der Waals surface area contributed by atoms with E-state index in [0.29, 0.717) is 12.6 Å². The highest BCUT2D eigenvalue weighted by atomic mass is 15.0. The molecule has 1 fully saturated rings. The summed E-state index contributed by atoms with van der Waals surface area (Å²) < 4.78 is 0. The zero-order chi connectivity index (χ0) is 9.10. The van der Waals surface area contributed by atoms with Crippen LogP contribution in [0.1, 0.15) is 30.1 Å². The first-order valence-corrected chi connectivity index (χ1v) is 4.78. The molecule has 0 bridgehead atoms. The number of hydrogen-bond donors (Lipinski definition) is 2. The molecule has 1 aliphatic rings. The van der Waals surface area contributed by atoms with Gasteiger partial charge in [0.15, 0.2) is 0 Å². The Balaban J connectivity index is 2.12. The van der Waals surface area contributed by atoms with Crippen molar-refractivity contribution in [1.82, 2.24) is 10.3 Å². The van der Waals surface area contributed by atoms with Crippen molar-refractivity contribution in [2.45, 2.75) is 25.4 Å². The van der Waals surface area contributed by atoms with Crippen LogP contribution in [0.15, 0.2) is 18.3 Å². The van der Waals surface area contributed by atoms with Crippen LogP contribution < -0.4 is 11.1 Å². The van der Waals surface area contributed by atoms with Gasteiger partial charge in [-0.25, -0.2) is 0 Å². The molecule has 0 spiro atoms. The molecule has 1 aliphatic heterocycles. The Kier molecular flexibility index (Phi) is 2.57. The van der Waals surface area contributed by atoms with Crippen molar-refractivity contribution < 1.29 is 0 Å². The summed E-state index contributed by atoms with van der Waals surface area (Å²) in [4.78, 5) is 4.39. The third-order valence-electron chi connectivity index (χ3n) is 2.50. The number of nitrogens with one attached hydrogen (secondary N) is 1. The average molecular weight is 177 g/mol. The molecule has 13 heavy (non-hydrogen) atoms. The van der Waals surface area contributed by atoms with Crippen LogP contribution in [0.25, 0.3) is 0 Å². The highest BCUT2D eigenvalue weighted by Crippen LogP contribution is 2.20. The molecule has 1 aromatic rings. The molecule has 70 valence electrons. The molecule has 0 aliphatic carbocycles. The van der Waals surface area contributed by atoms with Gasteiger partial charge < -0.3 is 11.1 Å². The van der Waals surface area contributed by atoms with Crippen molar-refractivity contribution >= 4 is 0 Å². The Bertz CT molecular complexity index is 262. The Morgan fingerprint density at radius 1 is 1.54 bits per heavy atom. The lowest BCUT2D eigenvalue weighted by atomic mass is 10.1. The molecule has 0 amide bonds. The smallest absolute Gasteiger partial charge is 0.0573 e. The standard InChI is InChI=1S/C10H15N3/c11-6-8-3-4-10(13-7-8)9-2-1-5-12-9/h3-4,7,9,12H,1-2,5-6,11H2. The van der Waals surface area contributed by atoms with E-state index in [1.165, 1.54) is 12.8 Å². The zero-order valence-corrected chi connectivity index (χ0v) is 7.66. The summed E-state index contributed by atoms with van der Waals surface area (Å²) in [6.07, 6.45) is 4.33. The molecule has 1 unspecified atom stereocenters. The predicted molar refractivity (Wildman–Crippen MR) is 52.1 cm³/mol. The van der Waals surface area contributed by atoms with Crippen LogP contribution >= 0.6 is 0 Å². The van der Waals surface area contributed by atoms with Crippen LogP contribution in [-0.4, -0.2) is 11.5 Å². The van der Waals surface area contributed by atoms with Crippen molar-refractivity contribution in [3.05, 3.63) is 29.6 Å². The fourth-order valence-electron chi connectivity index (χ4n) is 1.70. The van der Waals surface area contributed by atoms with E-state index in [4.69, 9.17) is 5.73 Å². The Morgan fingerprint density at radius 2 is 2.46 bits per heavy atom. The third kappa shape index (κ3) is 1.87. The van der Waals surface area contributed by atoms with Crippen molar-refractivity contribution in [3.8, 4) is 0 Å². The van der Waals surface area contributed by atoms with E-state index in [9.17, 15) is 0 Å². The second kappa shape index (κ2) is 3.85. The minimum atomic E-state index is 0.465. The van der Waals surface area contributed by atoms with Crippen LogP contribution in [0.3, 0.4) is 0 Å². The number of pyridine rings is 1. The maximum absolute atomic E-state index is 5.50. The molecule has 1 atom stereocenters. The third-order valence-corrected chi connectivity index (χ3v) is 2.50. The molecule has 1 aromatic heterocycles. The fourth-order valence-corrected chi connectivity index (χ4v) is 1.70. The molecular weight excluding hydrogens is 162 g/mol. The monoisotopic (exact) mass is 177 g/mol. The van der Waals surface area contributed by atoms with Gasteiger partial charge in [0.1, 0.15) is 0 Å². The van der Waals surface area contributed by atoms with Crippen LogP contribution in [-0.2, 0) is 6.54 Å². The van der Waals surface area contributed by atoms with E-state index in [2.05, 4.69) is 22.4 Å². The normalized spacial score (nSPS) is 22.1. The Morgan fingerprint density at radius 3 is 3.00 bits per heavy atom. The highest BCUT2D eigenvalue weighted by Gasteiger charge is 2.16. The maximum Gasteiger partial charge on any atom is 0.0573 e. The Hall–Kier alpha value is -0.930. The summed E-state index contributed by atoms with van der Waals surface area (Å²) in [6.45, 7) is 1.69. The number of aromatic nitrogens is 1. The summed E-state index contributed by atoms with van der Waals surface area (Å²) in [6, 6.07) is 4.60. The summed E-state index contributed by atoms with van der Waals surface area (Å²) in [5.74, 6) is 0. The van der Waals surface area contributed by atoms with Gasteiger partial charge in [-0.2, -0.15) is 0 Å². The van der Waals surface area contributed by atoms with Crippen LogP contribution in [0.4, 0.5) is 0 Å². The summed E-state index contributed by atoms with van der Waals surface area (Å²) in [5, 5.41) is 3.42. The van der Waals surface area contributed by atoms with Crippen LogP contribution in [0, 0.1) is 0 Å². The lowest BCUT2D eigenvalue weighted by Crippen LogP contribution is -2.14. The van der Waals surface area contributed by atoms with Gasteiger partial charge in [-0.3, -0.25) is 4.98 Å². The lowest BCUT2D eigenvalue weighted by Gasteiger charge is -2.09. The molecule has 2 heterocycles. The number of nitrogens with two attached hydrogens (primary N) is 1. The Labute approximate surface area is 78.4 Å². The van der Waals surface area contributed by atoms with E-state index < -0.39 is 0 Å². The first-order valence-electron chi connectivity index (χ1n) is 4.78. The summed E-state index contributed by atoms with van der Waals surface area (Å²) >= 11 is 0. The first-order chi connectivity index (χ1) is 6.40. The van der Waals surface area contributed by atoms with Gasteiger partial charge in [0.25, 0.3) is 0 Å². The van der Waals surface area contributed by atoms with Gasteiger partial charge in [0.05, 0.1) is 5.69 Å². The van der Waals surface area contributed by atoms with Gasteiger partial charge >= 0.3 is 0 Å². The molecule has 0 radical (unpaired) electrons. The first kappa shape index (κ1) is 8.66. The molecule has 3 heteroatoms. The molecule has 3 N–H and O–H groups in total. The van der Waals surface area contributed by atoms with Crippen molar-refractivity contribution in [2.24, 2.45) is 5.73 Å². The summed E-state index contributed by atoms with van der Waals surface area (Å²) in [7, 11) is 0. The quantitative estimate of drug-likeness (QED) is 0.707. The SMILES string of the molecule is NCc1ccc(C2CCCN2)nc1. The van der Waals surface area contributed by atoms with E-state index in [1.807, 2.05) is 6.20 Å². The predicted octanol–water partition coefficient (Wildman–Crippen LogP) is 0.965. The minimum absolute atomic E-state index is 0.465. The van der Waals surface area contributed by atoms with Gasteiger partial charge in [-0.1, -0.05) is 6.07 Å². The molecule has 3 nitrogen and oxygen atoms in total. The van der Waals surface area contributed by atoms with Crippen molar-refractivity contribution in [2.75, 3.05) is 6.54 Å². The summed E-state index contributed by atoms with van der Waals surface area (Å²) in [5.41, 5.74) is 7.74. The van der Waals surface area contributed by atoms with E-state index >= 15 is 0 Å². The second-order valence-electron chi connectivity index (χ2n) is 3.44. The topological polar surface area (TPSA) is 50.9 Å². The zero-order valence-electron chi connectivity index (χ0n) is 7.66. The molecule has 2 rings (SSSR count). The number of nitrogens with zero attached hydrogens (tertiary/aromatic N) is 1. The fraction of sp³-hybridized carbons (Fsp3) is 0.500. The highest BCUT2D eigenvalue weighted by molar-refractivity contribution is 5.16. The van der Waals surface area contributed by atoms with Crippen molar-refractivity contribution in [3.63, 3.8) is 0 Å². The van der Waals surface area contributed by atoms with Crippen molar-refractivity contribution in [1.29, 1.82) is 0 Å². The van der Waals surface area contributed by atoms with E-state index in [-0.39, 0.29) is 0 Å².